The van der Waals surface area contributed by atoms with Gasteiger partial charge in [0, 0.05) is 6.92 Å². The Labute approximate surface area is 128 Å². The van der Waals surface area contributed by atoms with Crippen LogP contribution in [0.5, 0.6) is 11.5 Å². The molecule has 2 aromatic carbocycles. The fourth-order valence-electron chi connectivity index (χ4n) is 2.57. The third-order valence-corrected chi connectivity index (χ3v) is 3.67. The maximum absolute atomic E-state index is 12.6. The summed E-state index contributed by atoms with van der Waals surface area (Å²) in [6.45, 7) is 3.64. The fourth-order valence-corrected chi connectivity index (χ4v) is 2.57. The minimum atomic E-state index is -0.367. The van der Waals surface area contributed by atoms with Gasteiger partial charge in [-0.3, -0.25) is 9.59 Å². The van der Waals surface area contributed by atoms with Gasteiger partial charge in [-0.2, -0.15) is 0 Å². The number of carbonyl (C=O) groups excluding carboxylic acids is 2. The minimum absolute atomic E-state index is 0.0569. The summed E-state index contributed by atoms with van der Waals surface area (Å²) < 4.78 is 10.7. The summed E-state index contributed by atoms with van der Waals surface area (Å²) in [6.07, 6.45) is 0. The predicted octanol–water partition coefficient (Wildman–Crippen LogP) is 3.28. The van der Waals surface area contributed by atoms with Crippen LogP contribution in [-0.4, -0.2) is 18.4 Å². The van der Waals surface area contributed by atoms with Crippen LogP contribution in [0.25, 0.3) is 0 Å². The van der Waals surface area contributed by atoms with E-state index in [9.17, 15) is 9.59 Å². The summed E-state index contributed by atoms with van der Waals surface area (Å²) in [6, 6.07) is 12.6. The lowest BCUT2D eigenvalue weighted by atomic mass is 9.88. The van der Waals surface area contributed by atoms with E-state index < -0.39 is 0 Å². The highest BCUT2D eigenvalue weighted by atomic mass is 16.5. The summed E-state index contributed by atoms with van der Waals surface area (Å²) in [5.74, 6) is 0.478. The molecule has 4 heteroatoms. The Morgan fingerprint density at radius 2 is 1.91 bits per heavy atom. The lowest BCUT2D eigenvalue weighted by molar-refractivity contribution is -0.131. The number of benzene rings is 2. The second kappa shape index (κ2) is 5.64. The largest absolute Gasteiger partial charge is 0.492 e. The van der Waals surface area contributed by atoms with Crippen molar-refractivity contribution in [2.45, 2.75) is 19.8 Å². The molecule has 0 fully saturated rings. The van der Waals surface area contributed by atoms with E-state index in [4.69, 9.17) is 9.47 Å². The van der Waals surface area contributed by atoms with E-state index >= 15 is 0 Å². The van der Waals surface area contributed by atoms with Crippen molar-refractivity contribution in [2.24, 2.45) is 0 Å². The van der Waals surface area contributed by atoms with E-state index in [1.54, 1.807) is 24.3 Å². The lowest BCUT2D eigenvalue weighted by Crippen LogP contribution is -2.26. The summed E-state index contributed by atoms with van der Waals surface area (Å²) in [4.78, 5) is 23.5. The predicted molar refractivity (Wildman–Crippen MR) is 81.5 cm³/mol. The van der Waals surface area contributed by atoms with Crippen molar-refractivity contribution in [3.63, 3.8) is 0 Å². The maximum atomic E-state index is 12.6. The van der Waals surface area contributed by atoms with Gasteiger partial charge in [-0.05, 0) is 42.3 Å². The second-order valence-electron chi connectivity index (χ2n) is 5.39. The average Bonchev–Trinajstić information content (AvgIpc) is 2.48. The molecular weight excluding hydrogens is 280 g/mol. The number of ketones is 1. The first kappa shape index (κ1) is 14.3. The Kier molecular flexibility index (Phi) is 3.67. The zero-order chi connectivity index (χ0) is 15.7. The van der Waals surface area contributed by atoms with Crippen LogP contribution in [-0.2, 0) is 4.79 Å². The Morgan fingerprint density at radius 1 is 1.18 bits per heavy atom. The lowest BCUT2D eigenvalue weighted by Gasteiger charge is -2.24. The van der Waals surface area contributed by atoms with Gasteiger partial charge < -0.3 is 9.47 Å². The molecule has 22 heavy (non-hydrogen) atoms. The molecule has 0 bridgehead atoms. The molecule has 0 N–H and O–H groups in total. The van der Waals surface area contributed by atoms with Gasteiger partial charge in [-0.1, -0.05) is 18.2 Å². The van der Waals surface area contributed by atoms with Crippen LogP contribution >= 0.6 is 0 Å². The number of ether oxygens (including phenoxy) is 2. The molecule has 0 amide bonds. The van der Waals surface area contributed by atoms with E-state index in [0.29, 0.717) is 23.7 Å². The van der Waals surface area contributed by atoms with Crippen LogP contribution in [0, 0.1) is 6.92 Å². The Balaban J connectivity index is 1.85. The number of hydrogen-bond acceptors (Lipinski definition) is 4. The topological polar surface area (TPSA) is 52.6 Å². The highest BCUT2D eigenvalue weighted by molar-refractivity contribution is 6.04. The SMILES string of the molecule is CC(=O)Oc1ccc(C2COc3cc(C)ccc3C2=O)cc1. The van der Waals surface area contributed by atoms with Gasteiger partial charge in [0.1, 0.15) is 18.1 Å². The van der Waals surface area contributed by atoms with Gasteiger partial charge in [0.2, 0.25) is 0 Å². The number of hydrogen-bond donors (Lipinski definition) is 0. The van der Waals surface area contributed by atoms with Crippen LogP contribution in [0.3, 0.4) is 0 Å². The van der Waals surface area contributed by atoms with Gasteiger partial charge in [0.15, 0.2) is 5.78 Å². The Hall–Kier alpha value is -2.62. The van der Waals surface area contributed by atoms with Crippen molar-refractivity contribution in [3.05, 3.63) is 59.2 Å². The fraction of sp³-hybridized carbons (Fsp3) is 0.222. The van der Waals surface area contributed by atoms with Crippen LogP contribution in [0.4, 0.5) is 0 Å². The molecule has 4 nitrogen and oxygen atoms in total. The van der Waals surface area contributed by atoms with E-state index in [-0.39, 0.29) is 17.7 Å². The molecule has 3 rings (SSSR count). The molecule has 0 aliphatic carbocycles. The van der Waals surface area contributed by atoms with Gasteiger partial charge in [0.05, 0.1) is 11.5 Å². The summed E-state index contributed by atoms with van der Waals surface area (Å²) in [7, 11) is 0. The average molecular weight is 296 g/mol. The summed E-state index contributed by atoms with van der Waals surface area (Å²) in [5, 5.41) is 0. The van der Waals surface area contributed by atoms with E-state index in [1.807, 2.05) is 25.1 Å². The zero-order valence-corrected chi connectivity index (χ0v) is 12.5. The smallest absolute Gasteiger partial charge is 0.308 e. The van der Waals surface area contributed by atoms with Gasteiger partial charge in [0.25, 0.3) is 0 Å². The van der Waals surface area contributed by atoms with Crippen molar-refractivity contribution in [2.75, 3.05) is 6.61 Å². The highest BCUT2D eigenvalue weighted by Crippen LogP contribution is 2.33. The molecule has 0 spiro atoms. The first-order chi connectivity index (χ1) is 10.5. The summed E-state index contributed by atoms with van der Waals surface area (Å²) >= 11 is 0. The highest BCUT2D eigenvalue weighted by Gasteiger charge is 2.30. The number of fused-ring (bicyclic) bond motifs is 1. The molecule has 112 valence electrons. The minimum Gasteiger partial charge on any atom is -0.492 e. The third kappa shape index (κ3) is 2.72. The van der Waals surface area contributed by atoms with Gasteiger partial charge in [-0.15, -0.1) is 0 Å². The monoisotopic (exact) mass is 296 g/mol. The van der Waals surface area contributed by atoms with E-state index in [0.717, 1.165) is 11.1 Å². The first-order valence-corrected chi connectivity index (χ1v) is 7.10. The second-order valence-corrected chi connectivity index (χ2v) is 5.39. The standard InChI is InChI=1S/C18H16O4/c1-11-3-8-15-17(9-11)21-10-16(18(15)20)13-4-6-14(7-5-13)22-12(2)19/h3-9,16H,10H2,1-2H3. The molecule has 1 heterocycles. The van der Waals surface area contributed by atoms with Crippen molar-refractivity contribution in [1.82, 2.24) is 0 Å². The number of esters is 1. The van der Waals surface area contributed by atoms with Gasteiger partial charge in [-0.25, -0.2) is 0 Å². The molecule has 0 aromatic heterocycles. The van der Waals surface area contributed by atoms with E-state index in [2.05, 4.69) is 0 Å². The number of rotatable bonds is 2. The third-order valence-electron chi connectivity index (χ3n) is 3.67. The van der Waals surface area contributed by atoms with Crippen LogP contribution in [0.2, 0.25) is 0 Å². The molecule has 1 aliphatic heterocycles. The molecule has 0 saturated heterocycles. The Morgan fingerprint density at radius 3 is 2.59 bits per heavy atom. The number of aryl methyl sites for hydroxylation is 1. The molecule has 1 atom stereocenters. The molecule has 2 aromatic rings. The maximum Gasteiger partial charge on any atom is 0.308 e. The van der Waals surface area contributed by atoms with Crippen molar-refractivity contribution in [1.29, 1.82) is 0 Å². The molecule has 1 aliphatic rings. The zero-order valence-electron chi connectivity index (χ0n) is 12.5. The van der Waals surface area contributed by atoms with E-state index in [1.165, 1.54) is 6.92 Å². The van der Waals surface area contributed by atoms with Crippen LogP contribution in [0.15, 0.2) is 42.5 Å². The van der Waals surface area contributed by atoms with Crippen molar-refractivity contribution in [3.8, 4) is 11.5 Å². The quantitative estimate of drug-likeness (QED) is 0.630. The van der Waals surface area contributed by atoms with Gasteiger partial charge >= 0.3 is 5.97 Å². The molecular formula is C18H16O4. The number of Topliss-reactive ketones (excluding diaryl/α,β-unsaturated/α-hetero) is 1. The molecule has 1 unspecified atom stereocenters. The number of carbonyl (C=O) groups is 2. The van der Waals surface area contributed by atoms with Crippen LogP contribution < -0.4 is 9.47 Å². The Bertz CT molecular complexity index is 731. The van der Waals surface area contributed by atoms with Crippen LogP contribution in [0.1, 0.15) is 34.3 Å². The molecule has 0 radical (unpaired) electrons. The molecule has 0 saturated carbocycles. The van der Waals surface area contributed by atoms with Crippen molar-refractivity contribution >= 4 is 11.8 Å². The summed E-state index contributed by atoms with van der Waals surface area (Å²) in [5.41, 5.74) is 2.54. The normalized spacial score (nSPS) is 16.6. The first-order valence-electron chi connectivity index (χ1n) is 7.10. The van der Waals surface area contributed by atoms with Crippen molar-refractivity contribution < 1.29 is 19.1 Å².